The minimum absolute atomic E-state index is 0.0810. The predicted octanol–water partition coefficient (Wildman–Crippen LogP) is 1.49. The molecular weight excluding hydrogens is 292 g/mol. The molecule has 0 atom stereocenters. The van der Waals surface area contributed by atoms with Gasteiger partial charge in [0.05, 0.1) is 11.9 Å². The first-order chi connectivity index (χ1) is 11.2. The number of nitrogens with one attached hydrogen (secondary N) is 1. The first-order valence-electron chi connectivity index (χ1n) is 8.51. The summed E-state index contributed by atoms with van der Waals surface area (Å²) in [5.41, 5.74) is 1.05. The number of nitrogens with zero attached hydrogens (tertiary/aromatic N) is 3. The van der Waals surface area contributed by atoms with Gasteiger partial charge in [-0.15, -0.1) is 0 Å². The molecule has 2 amide bonds. The number of carbonyl (C=O) groups excluding carboxylic acids is 2. The van der Waals surface area contributed by atoms with Crippen LogP contribution in [0.5, 0.6) is 0 Å². The van der Waals surface area contributed by atoms with E-state index in [9.17, 15) is 9.59 Å². The molecule has 2 heterocycles. The van der Waals surface area contributed by atoms with Gasteiger partial charge in [-0.05, 0) is 37.8 Å². The van der Waals surface area contributed by atoms with Crippen LogP contribution in [0.15, 0.2) is 18.3 Å². The number of piperazine rings is 1. The van der Waals surface area contributed by atoms with Crippen LogP contribution in [0.1, 0.15) is 25.7 Å². The van der Waals surface area contributed by atoms with Crippen LogP contribution in [0.3, 0.4) is 0 Å². The van der Waals surface area contributed by atoms with E-state index in [0.717, 1.165) is 57.5 Å². The third-order valence-electron chi connectivity index (χ3n) is 4.83. The van der Waals surface area contributed by atoms with Crippen LogP contribution >= 0.6 is 0 Å². The number of anilines is 2. The summed E-state index contributed by atoms with van der Waals surface area (Å²) in [6.45, 7) is 3.26. The molecule has 0 bridgehead atoms. The standard InChI is InChI=1S/C17H22N4O2/c22-16(12-1-2-12)19-15-6-5-14(11-18-15)20-7-9-21(10-8-20)17(23)13-3-4-13/h5-6,11-13H,1-4,7-10H2,(H,18,19,22). The Kier molecular flexibility index (Phi) is 3.67. The molecule has 2 aliphatic carbocycles. The number of hydrogen-bond acceptors (Lipinski definition) is 4. The summed E-state index contributed by atoms with van der Waals surface area (Å²) < 4.78 is 0. The molecule has 1 aromatic heterocycles. The van der Waals surface area contributed by atoms with Crippen LogP contribution in [-0.2, 0) is 9.59 Å². The van der Waals surface area contributed by atoms with Crippen LogP contribution in [0, 0.1) is 11.8 Å². The monoisotopic (exact) mass is 314 g/mol. The molecule has 1 N–H and O–H groups in total. The Morgan fingerprint density at radius 1 is 1.00 bits per heavy atom. The molecule has 1 aliphatic heterocycles. The van der Waals surface area contributed by atoms with Crippen molar-refractivity contribution in [3.63, 3.8) is 0 Å². The Morgan fingerprint density at radius 3 is 2.26 bits per heavy atom. The second-order valence-corrected chi connectivity index (χ2v) is 6.75. The second-order valence-electron chi connectivity index (χ2n) is 6.75. The maximum atomic E-state index is 12.1. The van der Waals surface area contributed by atoms with Crippen LogP contribution in [-0.4, -0.2) is 47.9 Å². The van der Waals surface area contributed by atoms with Gasteiger partial charge in [-0.3, -0.25) is 9.59 Å². The lowest BCUT2D eigenvalue weighted by Gasteiger charge is -2.36. The molecule has 1 aromatic rings. The van der Waals surface area contributed by atoms with E-state index in [4.69, 9.17) is 0 Å². The minimum atomic E-state index is 0.0810. The van der Waals surface area contributed by atoms with Gasteiger partial charge in [0.1, 0.15) is 5.82 Å². The lowest BCUT2D eigenvalue weighted by atomic mass is 10.2. The average molecular weight is 314 g/mol. The average Bonchev–Trinajstić information content (AvgIpc) is 3.48. The molecule has 0 aromatic carbocycles. The van der Waals surface area contributed by atoms with Crippen molar-refractivity contribution in [1.82, 2.24) is 9.88 Å². The van der Waals surface area contributed by atoms with Gasteiger partial charge in [0.2, 0.25) is 11.8 Å². The fraction of sp³-hybridized carbons (Fsp3) is 0.588. The first-order valence-corrected chi connectivity index (χ1v) is 8.51. The molecule has 1 saturated heterocycles. The molecule has 6 nitrogen and oxygen atoms in total. The molecule has 0 unspecified atom stereocenters. The van der Waals surface area contributed by atoms with Gasteiger partial charge in [-0.25, -0.2) is 4.98 Å². The van der Waals surface area contributed by atoms with Crippen LogP contribution in [0.2, 0.25) is 0 Å². The molecule has 0 spiro atoms. The Balaban J connectivity index is 1.31. The zero-order chi connectivity index (χ0) is 15.8. The molecule has 4 rings (SSSR count). The Labute approximate surface area is 135 Å². The van der Waals surface area contributed by atoms with Crippen molar-refractivity contribution in [3.8, 4) is 0 Å². The molecule has 2 saturated carbocycles. The van der Waals surface area contributed by atoms with Crippen molar-refractivity contribution in [1.29, 1.82) is 0 Å². The summed E-state index contributed by atoms with van der Waals surface area (Å²) in [6, 6.07) is 3.85. The highest BCUT2D eigenvalue weighted by atomic mass is 16.2. The van der Waals surface area contributed by atoms with E-state index in [1.54, 1.807) is 6.20 Å². The molecule has 6 heteroatoms. The summed E-state index contributed by atoms with van der Waals surface area (Å²) in [4.78, 5) is 32.4. The number of amides is 2. The van der Waals surface area contributed by atoms with E-state index < -0.39 is 0 Å². The van der Waals surface area contributed by atoms with E-state index in [0.29, 0.717) is 17.6 Å². The van der Waals surface area contributed by atoms with Crippen molar-refractivity contribution in [2.75, 3.05) is 36.4 Å². The molecule has 0 radical (unpaired) electrons. The zero-order valence-corrected chi connectivity index (χ0v) is 13.2. The van der Waals surface area contributed by atoms with Crippen molar-refractivity contribution in [2.45, 2.75) is 25.7 Å². The topological polar surface area (TPSA) is 65.5 Å². The van der Waals surface area contributed by atoms with Crippen molar-refractivity contribution in [2.24, 2.45) is 11.8 Å². The maximum absolute atomic E-state index is 12.1. The summed E-state index contributed by atoms with van der Waals surface area (Å²) in [5, 5.41) is 2.85. The fourth-order valence-corrected chi connectivity index (χ4v) is 2.99. The summed E-state index contributed by atoms with van der Waals surface area (Å²) in [5.74, 6) is 1.53. The van der Waals surface area contributed by atoms with Gasteiger partial charge >= 0.3 is 0 Å². The van der Waals surface area contributed by atoms with Crippen LogP contribution < -0.4 is 10.2 Å². The maximum Gasteiger partial charge on any atom is 0.228 e. The van der Waals surface area contributed by atoms with Gasteiger partial charge in [0, 0.05) is 38.0 Å². The first kappa shape index (κ1) is 14.5. The smallest absolute Gasteiger partial charge is 0.228 e. The minimum Gasteiger partial charge on any atom is -0.367 e. The summed E-state index contributed by atoms with van der Waals surface area (Å²) in [6.07, 6.45) is 5.93. The third kappa shape index (κ3) is 3.30. The summed E-state index contributed by atoms with van der Waals surface area (Å²) in [7, 11) is 0. The molecule has 3 fully saturated rings. The molecule has 3 aliphatic rings. The molecular formula is C17H22N4O2. The van der Waals surface area contributed by atoms with E-state index >= 15 is 0 Å². The highest BCUT2D eigenvalue weighted by Gasteiger charge is 2.34. The van der Waals surface area contributed by atoms with Gasteiger partial charge in [0.25, 0.3) is 0 Å². The largest absolute Gasteiger partial charge is 0.367 e. The Bertz CT molecular complexity index is 600. The van der Waals surface area contributed by atoms with Gasteiger partial charge < -0.3 is 15.1 Å². The zero-order valence-electron chi connectivity index (χ0n) is 13.2. The fourth-order valence-electron chi connectivity index (χ4n) is 2.99. The normalized spacial score (nSPS) is 21.2. The third-order valence-corrected chi connectivity index (χ3v) is 4.83. The SMILES string of the molecule is O=C(Nc1ccc(N2CCN(C(=O)C3CC3)CC2)cn1)C1CC1. The second kappa shape index (κ2) is 5.83. The van der Waals surface area contributed by atoms with Crippen LogP contribution in [0.25, 0.3) is 0 Å². The number of carbonyl (C=O) groups is 2. The van der Waals surface area contributed by atoms with Gasteiger partial charge in [-0.1, -0.05) is 0 Å². The number of aromatic nitrogens is 1. The number of rotatable bonds is 4. The van der Waals surface area contributed by atoms with E-state index in [1.165, 1.54) is 0 Å². The van der Waals surface area contributed by atoms with Gasteiger partial charge in [-0.2, -0.15) is 0 Å². The van der Waals surface area contributed by atoms with Crippen LogP contribution in [0.4, 0.5) is 11.5 Å². The van der Waals surface area contributed by atoms with E-state index in [1.807, 2.05) is 17.0 Å². The lowest BCUT2D eigenvalue weighted by Crippen LogP contribution is -2.49. The number of pyridine rings is 1. The highest BCUT2D eigenvalue weighted by Crippen LogP contribution is 2.32. The molecule has 23 heavy (non-hydrogen) atoms. The Morgan fingerprint density at radius 2 is 1.70 bits per heavy atom. The molecule has 122 valence electrons. The van der Waals surface area contributed by atoms with Crippen molar-refractivity contribution >= 4 is 23.3 Å². The lowest BCUT2D eigenvalue weighted by molar-refractivity contribution is -0.132. The number of hydrogen-bond donors (Lipinski definition) is 1. The predicted molar refractivity (Wildman–Crippen MR) is 87.1 cm³/mol. The van der Waals surface area contributed by atoms with Crippen molar-refractivity contribution < 1.29 is 9.59 Å². The summed E-state index contributed by atoms with van der Waals surface area (Å²) >= 11 is 0. The van der Waals surface area contributed by atoms with E-state index in [2.05, 4.69) is 15.2 Å². The quantitative estimate of drug-likeness (QED) is 0.914. The van der Waals surface area contributed by atoms with E-state index in [-0.39, 0.29) is 11.8 Å². The highest BCUT2D eigenvalue weighted by molar-refractivity contribution is 5.93. The Hall–Kier alpha value is -2.11. The van der Waals surface area contributed by atoms with Crippen molar-refractivity contribution in [3.05, 3.63) is 18.3 Å². The van der Waals surface area contributed by atoms with Gasteiger partial charge in [0.15, 0.2) is 0 Å².